The fraction of sp³-hybridized carbons (Fsp3) is 0.267. The van der Waals surface area contributed by atoms with Crippen LogP contribution in [0.25, 0.3) is 5.65 Å². The molecule has 0 bridgehead atoms. The van der Waals surface area contributed by atoms with Crippen molar-refractivity contribution in [3.8, 4) is 0 Å². The van der Waals surface area contributed by atoms with Crippen molar-refractivity contribution in [2.75, 3.05) is 5.32 Å². The van der Waals surface area contributed by atoms with Gasteiger partial charge in [-0.25, -0.2) is 4.98 Å². The zero-order chi connectivity index (χ0) is 16.0. The third-order valence-electron chi connectivity index (χ3n) is 3.68. The van der Waals surface area contributed by atoms with Gasteiger partial charge in [0.05, 0.1) is 0 Å². The molecule has 3 aromatic rings. The minimum atomic E-state index is -0.517. The molecule has 1 saturated carbocycles. The number of hydrogen-bond donors (Lipinski definition) is 1. The number of rotatable bonds is 3. The van der Waals surface area contributed by atoms with Crippen LogP contribution in [0.2, 0.25) is 0 Å². The Balaban J connectivity index is 1.65. The molecule has 116 valence electrons. The number of anilines is 1. The first kappa shape index (κ1) is 14.0. The molecule has 8 heteroatoms. The summed E-state index contributed by atoms with van der Waals surface area (Å²) in [6.45, 7) is 1.87. The number of nitrogens with zero attached hydrogens (tertiary/aromatic N) is 4. The highest BCUT2D eigenvalue weighted by Crippen LogP contribution is 2.42. The van der Waals surface area contributed by atoms with Crippen molar-refractivity contribution in [2.24, 2.45) is 0 Å². The maximum Gasteiger partial charge on any atom is 0.270 e. The maximum atomic E-state index is 12.5. The Bertz CT molecular complexity index is 973. The third-order valence-corrected chi connectivity index (χ3v) is 4.68. The number of hydrogen-bond acceptors (Lipinski definition) is 6. The molecule has 0 aromatic carbocycles. The average molecular weight is 327 g/mol. The third kappa shape index (κ3) is 2.61. The van der Waals surface area contributed by atoms with Gasteiger partial charge in [-0.15, -0.1) is 10.2 Å². The summed E-state index contributed by atoms with van der Waals surface area (Å²) in [5, 5.41) is 12.0. The topological polar surface area (TPSA) is 89.2 Å². The van der Waals surface area contributed by atoms with Crippen molar-refractivity contribution in [3.05, 3.63) is 51.0 Å². The van der Waals surface area contributed by atoms with Crippen LogP contribution in [0.4, 0.5) is 5.13 Å². The molecule has 23 heavy (non-hydrogen) atoms. The van der Waals surface area contributed by atoms with Crippen LogP contribution in [0.15, 0.2) is 29.3 Å². The van der Waals surface area contributed by atoms with Crippen LogP contribution >= 0.6 is 11.3 Å². The average Bonchev–Trinajstić information content (AvgIpc) is 3.28. The van der Waals surface area contributed by atoms with Gasteiger partial charge in [0.15, 0.2) is 0 Å². The number of amides is 1. The van der Waals surface area contributed by atoms with Crippen LogP contribution in [0.3, 0.4) is 0 Å². The lowest BCUT2D eigenvalue weighted by atomic mass is 10.3. The van der Waals surface area contributed by atoms with Crippen LogP contribution in [0, 0.1) is 6.92 Å². The zero-order valence-corrected chi connectivity index (χ0v) is 13.1. The highest BCUT2D eigenvalue weighted by Gasteiger charge is 2.28. The van der Waals surface area contributed by atoms with Gasteiger partial charge in [-0.3, -0.25) is 19.3 Å². The summed E-state index contributed by atoms with van der Waals surface area (Å²) in [6.07, 6.45) is 5.21. The highest BCUT2D eigenvalue weighted by atomic mass is 32.1. The molecule has 3 heterocycles. The minimum absolute atomic E-state index is 0.0173. The van der Waals surface area contributed by atoms with E-state index in [9.17, 15) is 9.59 Å². The van der Waals surface area contributed by atoms with Gasteiger partial charge in [0.25, 0.3) is 11.5 Å². The van der Waals surface area contributed by atoms with Crippen molar-refractivity contribution in [1.82, 2.24) is 19.6 Å². The Morgan fingerprint density at radius 2 is 2.17 bits per heavy atom. The number of aryl methyl sites for hydroxylation is 1. The quantitative estimate of drug-likeness (QED) is 0.794. The van der Waals surface area contributed by atoms with E-state index in [-0.39, 0.29) is 5.56 Å². The van der Waals surface area contributed by atoms with Gasteiger partial charge in [-0.05, 0) is 31.4 Å². The molecule has 0 spiro atoms. The number of carbonyl (C=O) groups is 1. The van der Waals surface area contributed by atoms with Gasteiger partial charge < -0.3 is 0 Å². The molecule has 1 fully saturated rings. The second-order valence-electron chi connectivity index (χ2n) is 5.59. The lowest BCUT2D eigenvalue weighted by molar-refractivity contribution is 0.102. The number of aromatic nitrogens is 4. The number of nitrogens with one attached hydrogen (secondary N) is 1. The molecule has 1 aliphatic carbocycles. The molecule has 4 rings (SSSR count). The van der Waals surface area contributed by atoms with Gasteiger partial charge >= 0.3 is 0 Å². The summed E-state index contributed by atoms with van der Waals surface area (Å²) in [7, 11) is 0. The van der Waals surface area contributed by atoms with Crippen LogP contribution in [0.1, 0.15) is 39.7 Å². The van der Waals surface area contributed by atoms with Crippen molar-refractivity contribution >= 4 is 28.0 Å². The summed E-state index contributed by atoms with van der Waals surface area (Å²) >= 11 is 1.35. The maximum absolute atomic E-state index is 12.5. The summed E-state index contributed by atoms with van der Waals surface area (Å²) in [6, 6.07) is 3.60. The molecular formula is C15H13N5O2S. The predicted octanol–water partition coefficient (Wildman–Crippen LogP) is 1.98. The fourth-order valence-electron chi connectivity index (χ4n) is 2.28. The van der Waals surface area contributed by atoms with Crippen LogP contribution in [-0.4, -0.2) is 25.5 Å². The normalized spacial score (nSPS) is 14.1. The van der Waals surface area contributed by atoms with E-state index in [1.165, 1.54) is 21.9 Å². The number of fused-ring (bicyclic) bond motifs is 1. The van der Waals surface area contributed by atoms with Gasteiger partial charge in [0.1, 0.15) is 16.2 Å². The van der Waals surface area contributed by atoms with E-state index in [0.29, 0.717) is 16.7 Å². The molecule has 0 radical (unpaired) electrons. The minimum Gasteiger partial charge on any atom is -0.296 e. The smallest absolute Gasteiger partial charge is 0.270 e. The summed E-state index contributed by atoms with van der Waals surface area (Å²) in [5.74, 6) is -0.0361. The Morgan fingerprint density at radius 3 is 2.96 bits per heavy atom. The Kier molecular flexibility index (Phi) is 3.19. The first-order valence-electron chi connectivity index (χ1n) is 7.24. The van der Waals surface area contributed by atoms with Crippen molar-refractivity contribution in [2.45, 2.75) is 25.7 Å². The Labute approximate surface area is 135 Å². The highest BCUT2D eigenvalue weighted by molar-refractivity contribution is 7.15. The number of pyridine rings is 1. The molecule has 0 saturated heterocycles. The predicted molar refractivity (Wildman–Crippen MR) is 86.0 cm³/mol. The lowest BCUT2D eigenvalue weighted by Crippen LogP contribution is -2.26. The largest absolute Gasteiger partial charge is 0.296 e. The zero-order valence-electron chi connectivity index (χ0n) is 12.3. The van der Waals surface area contributed by atoms with Crippen molar-refractivity contribution < 1.29 is 4.79 Å². The van der Waals surface area contributed by atoms with E-state index in [1.54, 1.807) is 12.3 Å². The van der Waals surface area contributed by atoms with Crippen LogP contribution in [0.5, 0.6) is 0 Å². The molecule has 1 N–H and O–H groups in total. The fourth-order valence-corrected chi connectivity index (χ4v) is 3.19. The SMILES string of the molecule is Cc1ccc2ncc(C(=O)Nc3nnc(C4CC4)s3)c(=O)n2c1. The standard InChI is InChI=1S/C15H13N5O2S/c1-8-2-5-11-16-6-10(14(22)20(11)7-8)12(21)17-15-19-18-13(23-15)9-3-4-9/h2,5-7,9H,3-4H2,1H3,(H,17,19,21). The lowest BCUT2D eigenvalue weighted by Gasteiger charge is -2.04. The number of carbonyl (C=O) groups excluding carboxylic acids is 1. The molecule has 1 amide bonds. The molecule has 1 aliphatic rings. The molecule has 3 aromatic heterocycles. The summed E-state index contributed by atoms with van der Waals surface area (Å²) < 4.78 is 1.37. The van der Waals surface area contributed by atoms with Gasteiger partial charge in [-0.2, -0.15) is 0 Å². The van der Waals surface area contributed by atoms with E-state index < -0.39 is 11.5 Å². The Morgan fingerprint density at radius 1 is 1.35 bits per heavy atom. The van der Waals surface area contributed by atoms with Gasteiger partial charge in [0, 0.05) is 18.3 Å². The molecule has 7 nitrogen and oxygen atoms in total. The van der Waals surface area contributed by atoms with Crippen LogP contribution in [-0.2, 0) is 0 Å². The second kappa shape index (κ2) is 5.24. The summed E-state index contributed by atoms with van der Waals surface area (Å²) in [5.41, 5.74) is 1.00. The van der Waals surface area contributed by atoms with Crippen LogP contribution < -0.4 is 10.9 Å². The van der Waals surface area contributed by atoms with Gasteiger partial charge in [-0.1, -0.05) is 17.4 Å². The monoisotopic (exact) mass is 327 g/mol. The van der Waals surface area contributed by atoms with E-state index in [1.807, 2.05) is 13.0 Å². The second-order valence-corrected chi connectivity index (χ2v) is 6.59. The molecular weight excluding hydrogens is 314 g/mol. The van der Waals surface area contributed by atoms with E-state index >= 15 is 0 Å². The summed E-state index contributed by atoms with van der Waals surface area (Å²) in [4.78, 5) is 29.0. The first-order chi connectivity index (χ1) is 11.1. The Hall–Kier alpha value is -2.61. The first-order valence-corrected chi connectivity index (χ1v) is 8.06. The van der Waals surface area contributed by atoms with Crippen molar-refractivity contribution in [3.63, 3.8) is 0 Å². The molecule has 0 atom stereocenters. The van der Waals surface area contributed by atoms with E-state index in [2.05, 4.69) is 20.5 Å². The van der Waals surface area contributed by atoms with Gasteiger partial charge in [0.2, 0.25) is 5.13 Å². The van der Waals surface area contributed by atoms with E-state index in [0.717, 1.165) is 23.4 Å². The van der Waals surface area contributed by atoms with Crippen molar-refractivity contribution in [1.29, 1.82) is 0 Å². The molecule has 0 aliphatic heterocycles. The van der Waals surface area contributed by atoms with E-state index in [4.69, 9.17) is 0 Å². The molecule has 0 unspecified atom stereocenters.